The van der Waals surface area contributed by atoms with Gasteiger partial charge in [0.05, 0.1) is 19.1 Å². The number of aryl methyl sites for hydroxylation is 1. The van der Waals surface area contributed by atoms with Crippen molar-refractivity contribution in [1.82, 2.24) is 4.90 Å². The molecule has 1 fully saturated rings. The molecule has 5 nitrogen and oxygen atoms in total. The molecule has 1 aromatic carbocycles. The van der Waals surface area contributed by atoms with Crippen molar-refractivity contribution in [3.63, 3.8) is 0 Å². The summed E-state index contributed by atoms with van der Waals surface area (Å²) in [6.45, 7) is 4.58. The second-order valence-electron chi connectivity index (χ2n) is 5.45. The molecule has 20 heavy (non-hydrogen) atoms. The topological polar surface area (TPSA) is 70.0 Å². The van der Waals surface area contributed by atoms with Crippen molar-refractivity contribution in [2.24, 2.45) is 5.92 Å². The molecule has 0 aliphatic carbocycles. The summed E-state index contributed by atoms with van der Waals surface area (Å²) in [6.07, 6.45) is 0. The van der Waals surface area contributed by atoms with E-state index < -0.39 is 11.9 Å². The van der Waals surface area contributed by atoms with Gasteiger partial charge >= 0.3 is 5.97 Å². The number of aromatic hydroxyl groups is 1. The molecule has 0 spiro atoms. The van der Waals surface area contributed by atoms with Gasteiger partial charge in [0, 0.05) is 17.6 Å². The van der Waals surface area contributed by atoms with Crippen molar-refractivity contribution in [1.29, 1.82) is 0 Å². The van der Waals surface area contributed by atoms with Gasteiger partial charge in [-0.1, -0.05) is 17.7 Å². The van der Waals surface area contributed by atoms with Gasteiger partial charge in [-0.05, 0) is 27.0 Å². The monoisotopic (exact) mass is 279 g/mol. The molecule has 0 amide bonds. The molecule has 5 heteroatoms. The number of carboxylic acid groups (broad SMARTS) is 1. The van der Waals surface area contributed by atoms with Gasteiger partial charge in [-0.25, -0.2) is 0 Å². The molecule has 2 N–H and O–H groups in total. The fourth-order valence-electron chi connectivity index (χ4n) is 2.70. The average Bonchev–Trinajstić information content (AvgIpc) is 2.89. The van der Waals surface area contributed by atoms with E-state index in [4.69, 9.17) is 4.74 Å². The lowest BCUT2D eigenvalue weighted by atomic mass is 9.97. The largest absolute Gasteiger partial charge is 0.508 e. The SMILES string of the molecule is Cc1ccc(O)c(C(C)N(C)C2COCC2C(=O)O)c1. The first-order valence-electron chi connectivity index (χ1n) is 6.73. The summed E-state index contributed by atoms with van der Waals surface area (Å²) in [4.78, 5) is 13.2. The van der Waals surface area contributed by atoms with E-state index in [1.165, 1.54) is 0 Å². The molecule has 3 atom stereocenters. The molecule has 0 saturated carbocycles. The third-order valence-corrected chi connectivity index (χ3v) is 4.13. The van der Waals surface area contributed by atoms with Gasteiger partial charge in [-0.15, -0.1) is 0 Å². The smallest absolute Gasteiger partial charge is 0.310 e. The Kier molecular flexibility index (Phi) is 4.30. The first-order valence-corrected chi connectivity index (χ1v) is 6.73. The van der Waals surface area contributed by atoms with Crippen molar-refractivity contribution in [3.8, 4) is 5.75 Å². The fraction of sp³-hybridized carbons (Fsp3) is 0.533. The van der Waals surface area contributed by atoms with Crippen LogP contribution in [-0.2, 0) is 9.53 Å². The van der Waals surface area contributed by atoms with Crippen LogP contribution in [0.1, 0.15) is 24.1 Å². The molecule has 0 aromatic heterocycles. The van der Waals surface area contributed by atoms with Gasteiger partial charge in [0.1, 0.15) is 5.75 Å². The normalized spacial score (nSPS) is 24.0. The Morgan fingerprint density at radius 1 is 1.45 bits per heavy atom. The quantitative estimate of drug-likeness (QED) is 0.879. The summed E-state index contributed by atoms with van der Waals surface area (Å²) >= 11 is 0. The number of phenols is 1. The molecular weight excluding hydrogens is 258 g/mol. The van der Waals surface area contributed by atoms with Gasteiger partial charge in [-0.3, -0.25) is 9.69 Å². The van der Waals surface area contributed by atoms with Crippen molar-refractivity contribution < 1.29 is 19.7 Å². The Morgan fingerprint density at radius 2 is 2.15 bits per heavy atom. The predicted molar refractivity (Wildman–Crippen MR) is 74.8 cm³/mol. The van der Waals surface area contributed by atoms with E-state index in [2.05, 4.69) is 0 Å². The minimum absolute atomic E-state index is 0.0801. The minimum Gasteiger partial charge on any atom is -0.508 e. The molecule has 3 unspecified atom stereocenters. The summed E-state index contributed by atoms with van der Waals surface area (Å²) in [6, 6.07) is 5.20. The summed E-state index contributed by atoms with van der Waals surface area (Å²) in [5.74, 6) is -1.12. The van der Waals surface area contributed by atoms with Crippen molar-refractivity contribution in [2.75, 3.05) is 20.3 Å². The van der Waals surface area contributed by atoms with Crippen molar-refractivity contribution in [2.45, 2.75) is 25.9 Å². The highest BCUT2D eigenvalue weighted by atomic mass is 16.5. The van der Waals surface area contributed by atoms with Crippen LogP contribution in [0.25, 0.3) is 0 Å². The number of phenolic OH excluding ortho intramolecular Hbond substituents is 1. The fourth-order valence-corrected chi connectivity index (χ4v) is 2.70. The Morgan fingerprint density at radius 3 is 2.80 bits per heavy atom. The zero-order valence-electron chi connectivity index (χ0n) is 12.0. The third-order valence-electron chi connectivity index (χ3n) is 4.13. The maximum Gasteiger partial charge on any atom is 0.310 e. The highest BCUT2D eigenvalue weighted by Crippen LogP contribution is 2.32. The highest BCUT2D eigenvalue weighted by Gasteiger charge is 2.38. The van der Waals surface area contributed by atoms with Crippen LogP contribution in [0.2, 0.25) is 0 Å². The lowest BCUT2D eigenvalue weighted by Gasteiger charge is -2.32. The standard InChI is InChI=1S/C15H21NO4/c1-9-4-5-14(17)11(6-9)10(2)16(3)13-8-20-7-12(13)15(18)19/h4-6,10,12-13,17H,7-8H2,1-3H3,(H,18,19). The van der Waals surface area contributed by atoms with E-state index in [0.29, 0.717) is 6.61 Å². The summed E-state index contributed by atoms with van der Waals surface area (Å²) < 4.78 is 5.31. The predicted octanol–water partition coefficient (Wildman–Crippen LogP) is 1.79. The van der Waals surface area contributed by atoms with Crippen molar-refractivity contribution in [3.05, 3.63) is 29.3 Å². The van der Waals surface area contributed by atoms with E-state index in [-0.39, 0.29) is 24.4 Å². The summed E-state index contributed by atoms with van der Waals surface area (Å²) in [5, 5.41) is 19.2. The number of carboxylic acids is 1. The van der Waals surface area contributed by atoms with Gasteiger partial charge in [0.15, 0.2) is 0 Å². The van der Waals surface area contributed by atoms with Crippen molar-refractivity contribution >= 4 is 5.97 Å². The van der Waals surface area contributed by atoms with Crippen LogP contribution in [0.15, 0.2) is 18.2 Å². The Labute approximate surface area is 118 Å². The molecule has 0 bridgehead atoms. The number of aliphatic carboxylic acids is 1. The second-order valence-corrected chi connectivity index (χ2v) is 5.45. The first-order chi connectivity index (χ1) is 9.41. The first kappa shape index (κ1) is 14.8. The van der Waals surface area contributed by atoms with Gasteiger partial charge < -0.3 is 14.9 Å². The number of benzene rings is 1. The average molecular weight is 279 g/mol. The van der Waals surface area contributed by atoms with Crippen LogP contribution >= 0.6 is 0 Å². The van der Waals surface area contributed by atoms with E-state index in [9.17, 15) is 15.0 Å². The summed E-state index contributed by atoms with van der Waals surface area (Å²) in [5.41, 5.74) is 1.87. The second kappa shape index (κ2) is 5.81. The molecule has 1 saturated heterocycles. The lowest BCUT2D eigenvalue weighted by Crippen LogP contribution is -2.42. The van der Waals surface area contributed by atoms with Gasteiger partial charge in [0.25, 0.3) is 0 Å². The summed E-state index contributed by atoms with van der Waals surface area (Å²) in [7, 11) is 1.88. The zero-order chi connectivity index (χ0) is 14.9. The number of carbonyl (C=O) groups is 1. The zero-order valence-corrected chi connectivity index (χ0v) is 12.0. The maximum atomic E-state index is 11.2. The van der Waals surface area contributed by atoms with Crippen LogP contribution < -0.4 is 0 Å². The Hall–Kier alpha value is -1.59. The number of hydrogen-bond donors (Lipinski definition) is 2. The molecular formula is C15H21NO4. The Balaban J connectivity index is 2.21. The van der Waals surface area contributed by atoms with Crippen LogP contribution in [0.3, 0.4) is 0 Å². The number of likely N-dealkylation sites (N-methyl/N-ethyl adjacent to an activating group) is 1. The van der Waals surface area contributed by atoms with E-state index in [0.717, 1.165) is 11.1 Å². The number of ether oxygens (including phenoxy) is 1. The third kappa shape index (κ3) is 2.78. The van der Waals surface area contributed by atoms with E-state index >= 15 is 0 Å². The van der Waals surface area contributed by atoms with E-state index in [1.54, 1.807) is 6.07 Å². The molecule has 110 valence electrons. The van der Waals surface area contributed by atoms with Crippen LogP contribution in [-0.4, -0.2) is 47.4 Å². The lowest BCUT2D eigenvalue weighted by molar-refractivity contribution is -0.143. The maximum absolute atomic E-state index is 11.2. The van der Waals surface area contributed by atoms with Gasteiger partial charge in [0.2, 0.25) is 0 Å². The number of nitrogens with zero attached hydrogens (tertiary/aromatic N) is 1. The number of rotatable bonds is 4. The highest BCUT2D eigenvalue weighted by molar-refractivity contribution is 5.71. The van der Waals surface area contributed by atoms with Gasteiger partial charge in [-0.2, -0.15) is 0 Å². The minimum atomic E-state index is -0.833. The molecule has 1 aliphatic rings. The molecule has 1 aliphatic heterocycles. The van der Waals surface area contributed by atoms with E-state index in [1.807, 2.05) is 37.9 Å². The number of hydrogen-bond acceptors (Lipinski definition) is 4. The van der Waals surface area contributed by atoms with Crippen LogP contribution in [0, 0.1) is 12.8 Å². The molecule has 1 aromatic rings. The van der Waals surface area contributed by atoms with Crippen LogP contribution in [0.5, 0.6) is 5.75 Å². The molecule has 1 heterocycles. The molecule has 2 rings (SSSR count). The van der Waals surface area contributed by atoms with Crippen LogP contribution in [0.4, 0.5) is 0 Å². The Bertz CT molecular complexity index is 503. The molecule has 0 radical (unpaired) electrons.